The van der Waals surface area contributed by atoms with Gasteiger partial charge >= 0.3 is 0 Å². The van der Waals surface area contributed by atoms with Crippen LogP contribution in [0.5, 0.6) is 5.75 Å². The van der Waals surface area contributed by atoms with Crippen molar-refractivity contribution in [2.75, 3.05) is 19.4 Å². The van der Waals surface area contributed by atoms with Gasteiger partial charge in [-0.1, -0.05) is 39.0 Å². The van der Waals surface area contributed by atoms with Crippen molar-refractivity contribution < 1.29 is 4.74 Å². The Hall–Kier alpha value is -0.670. The summed E-state index contributed by atoms with van der Waals surface area (Å²) in [6.07, 6.45) is 1.05. The monoisotopic (exact) mass is 265 g/mol. The maximum Gasteiger partial charge on any atom is 0.127 e. The van der Waals surface area contributed by atoms with Crippen molar-refractivity contribution in [1.82, 2.24) is 5.32 Å². The summed E-state index contributed by atoms with van der Waals surface area (Å²) in [7, 11) is 2.03. The number of hydrogen-bond acceptors (Lipinski definition) is 3. The number of nitrogens with one attached hydrogen (secondary N) is 1. The number of benzene rings is 1. The van der Waals surface area contributed by atoms with Gasteiger partial charge in [0.1, 0.15) is 5.75 Å². The van der Waals surface area contributed by atoms with E-state index in [1.807, 2.05) is 18.8 Å². The van der Waals surface area contributed by atoms with Crippen LogP contribution in [0.15, 0.2) is 18.2 Å². The number of hydrogen-bond donors (Lipinski definition) is 1. The summed E-state index contributed by atoms with van der Waals surface area (Å²) in [6, 6.07) is 6.88. The first kappa shape index (κ1) is 13.8. The molecular weight excluding hydrogens is 242 g/mol. The lowest BCUT2D eigenvalue weighted by atomic mass is 10.0. The molecule has 0 spiro atoms. The van der Waals surface area contributed by atoms with Crippen molar-refractivity contribution in [1.29, 1.82) is 0 Å². The molecule has 1 aliphatic rings. The van der Waals surface area contributed by atoms with Crippen LogP contribution in [0.2, 0.25) is 0 Å². The van der Waals surface area contributed by atoms with Gasteiger partial charge in [-0.05, 0) is 12.6 Å². The van der Waals surface area contributed by atoms with Crippen LogP contribution >= 0.6 is 11.8 Å². The van der Waals surface area contributed by atoms with E-state index in [0.29, 0.717) is 10.8 Å². The lowest BCUT2D eigenvalue weighted by Crippen LogP contribution is -2.22. The van der Waals surface area contributed by atoms with Gasteiger partial charge in [0.05, 0.1) is 6.61 Å². The molecule has 1 heterocycles. The number of thioether (sulfide) groups is 1. The summed E-state index contributed by atoms with van der Waals surface area (Å²) in [5, 5.41) is 3.42. The Labute approximate surface area is 114 Å². The molecule has 0 amide bonds. The van der Waals surface area contributed by atoms with Crippen LogP contribution in [0, 0.1) is 0 Å². The lowest BCUT2D eigenvalue weighted by Gasteiger charge is -2.24. The Kier molecular flexibility index (Phi) is 4.23. The third kappa shape index (κ3) is 3.21. The summed E-state index contributed by atoms with van der Waals surface area (Å²) in [5.41, 5.74) is 2.66. The van der Waals surface area contributed by atoms with Gasteiger partial charge in [-0.15, -0.1) is 0 Å². The van der Waals surface area contributed by atoms with Gasteiger partial charge in [0.15, 0.2) is 0 Å². The van der Waals surface area contributed by atoms with Crippen LogP contribution in [-0.2, 0) is 6.42 Å². The fourth-order valence-corrected chi connectivity index (χ4v) is 3.19. The van der Waals surface area contributed by atoms with Crippen molar-refractivity contribution in [2.45, 2.75) is 38.0 Å². The molecule has 0 saturated carbocycles. The predicted octanol–water partition coefficient (Wildman–Crippen LogP) is 3.41. The molecular formula is C15H23NOS. The van der Waals surface area contributed by atoms with Gasteiger partial charge in [-0.3, -0.25) is 0 Å². The molecule has 2 nitrogen and oxygen atoms in total. The second kappa shape index (κ2) is 5.54. The molecule has 1 aromatic carbocycles. The molecule has 0 saturated heterocycles. The summed E-state index contributed by atoms with van der Waals surface area (Å²) in [6.45, 7) is 7.61. The van der Waals surface area contributed by atoms with Gasteiger partial charge < -0.3 is 10.1 Å². The van der Waals surface area contributed by atoms with E-state index in [1.54, 1.807) is 0 Å². The van der Waals surface area contributed by atoms with Crippen LogP contribution in [-0.4, -0.2) is 24.2 Å². The van der Waals surface area contributed by atoms with Crippen molar-refractivity contribution in [3.8, 4) is 5.75 Å². The molecule has 3 heteroatoms. The van der Waals surface area contributed by atoms with E-state index in [9.17, 15) is 0 Å². The zero-order valence-electron chi connectivity index (χ0n) is 11.7. The van der Waals surface area contributed by atoms with Crippen LogP contribution in [0.4, 0.5) is 0 Å². The number of fused-ring (bicyclic) bond motifs is 1. The quantitative estimate of drug-likeness (QED) is 0.901. The summed E-state index contributed by atoms with van der Waals surface area (Å²) in [5.74, 6) is 2.19. The molecule has 0 aliphatic carbocycles. The highest BCUT2D eigenvalue weighted by Gasteiger charge is 2.22. The fraction of sp³-hybridized carbons (Fsp3) is 0.600. The average molecular weight is 265 g/mol. The molecule has 1 aliphatic heterocycles. The summed E-state index contributed by atoms with van der Waals surface area (Å²) >= 11 is 1.99. The minimum absolute atomic E-state index is 0.300. The second-order valence-corrected chi connectivity index (χ2v) is 7.55. The maximum atomic E-state index is 5.80. The maximum absolute atomic E-state index is 5.80. The van der Waals surface area contributed by atoms with Gasteiger partial charge in [0, 0.05) is 28.5 Å². The van der Waals surface area contributed by atoms with Crippen molar-refractivity contribution in [3.63, 3.8) is 0 Å². The fourth-order valence-electron chi connectivity index (χ4n) is 2.18. The first-order valence-electron chi connectivity index (χ1n) is 6.57. The van der Waals surface area contributed by atoms with Gasteiger partial charge in [-0.2, -0.15) is 11.8 Å². The molecule has 0 radical (unpaired) electrons. The zero-order valence-corrected chi connectivity index (χ0v) is 12.6. The second-order valence-electron chi connectivity index (χ2n) is 5.70. The Morgan fingerprint density at radius 3 is 2.83 bits per heavy atom. The van der Waals surface area contributed by atoms with Gasteiger partial charge in [-0.25, -0.2) is 0 Å². The first-order chi connectivity index (χ1) is 8.51. The highest BCUT2D eigenvalue weighted by Crippen LogP contribution is 2.36. The van der Waals surface area contributed by atoms with Crippen LogP contribution in [0.1, 0.15) is 37.9 Å². The SMILES string of the molecule is CNC(CSC(C)(C)C)c1cccc2c1OCC2. The number of para-hydroxylation sites is 1. The van der Waals surface area contributed by atoms with E-state index in [2.05, 4.69) is 44.3 Å². The zero-order chi connectivity index (χ0) is 13.2. The molecule has 1 atom stereocenters. The van der Waals surface area contributed by atoms with Crippen molar-refractivity contribution in [2.24, 2.45) is 0 Å². The smallest absolute Gasteiger partial charge is 0.127 e. The Morgan fingerprint density at radius 1 is 1.39 bits per heavy atom. The molecule has 2 rings (SSSR count). The minimum atomic E-state index is 0.300. The lowest BCUT2D eigenvalue weighted by molar-refractivity contribution is 0.350. The van der Waals surface area contributed by atoms with Gasteiger partial charge in [0.25, 0.3) is 0 Å². The van der Waals surface area contributed by atoms with E-state index >= 15 is 0 Å². The topological polar surface area (TPSA) is 21.3 Å². The molecule has 100 valence electrons. The van der Waals surface area contributed by atoms with Crippen LogP contribution in [0.3, 0.4) is 0 Å². The minimum Gasteiger partial charge on any atom is -0.493 e. The van der Waals surface area contributed by atoms with E-state index in [0.717, 1.165) is 24.5 Å². The van der Waals surface area contributed by atoms with E-state index in [1.165, 1.54) is 11.1 Å². The molecule has 1 aromatic rings. The molecule has 0 aromatic heterocycles. The first-order valence-corrected chi connectivity index (χ1v) is 7.55. The van der Waals surface area contributed by atoms with E-state index in [-0.39, 0.29) is 0 Å². The van der Waals surface area contributed by atoms with Crippen molar-refractivity contribution >= 4 is 11.8 Å². The Bertz CT molecular complexity index is 411. The Morgan fingerprint density at radius 2 is 2.17 bits per heavy atom. The molecule has 1 unspecified atom stereocenters. The standard InChI is InChI=1S/C15H23NOS/c1-15(2,3)18-10-13(16-4)12-7-5-6-11-8-9-17-14(11)12/h5-7,13,16H,8-10H2,1-4H3. The number of rotatable bonds is 4. The molecule has 0 fully saturated rings. The predicted molar refractivity (Wildman–Crippen MR) is 79.7 cm³/mol. The van der Waals surface area contributed by atoms with E-state index < -0.39 is 0 Å². The van der Waals surface area contributed by atoms with E-state index in [4.69, 9.17) is 4.74 Å². The third-order valence-electron chi connectivity index (χ3n) is 3.15. The molecule has 0 bridgehead atoms. The molecule has 18 heavy (non-hydrogen) atoms. The van der Waals surface area contributed by atoms with Crippen molar-refractivity contribution in [3.05, 3.63) is 29.3 Å². The van der Waals surface area contributed by atoms with Gasteiger partial charge in [0.2, 0.25) is 0 Å². The third-order valence-corrected chi connectivity index (χ3v) is 4.52. The highest BCUT2D eigenvalue weighted by atomic mass is 32.2. The number of ether oxygens (including phenoxy) is 1. The molecule has 1 N–H and O–H groups in total. The Balaban J connectivity index is 2.15. The average Bonchev–Trinajstić information content (AvgIpc) is 2.77. The normalized spacial score (nSPS) is 16.2. The van der Waals surface area contributed by atoms with Crippen LogP contribution < -0.4 is 10.1 Å². The largest absolute Gasteiger partial charge is 0.493 e. The van der Waals surface area contributed by atoms with Crippen LogP contribution in [0.25, 0.3) is 0 Å². The highest BCUT2D eigenvalue weighted by molar-refractivity contribution is 8.00. The summed E-state index contributed by atoms with van der Waals surface area (Å²) in [4.78, 5) is 0. The summed E-state index contributed by atoms with van der Waals surface area (Å²) < 4.78 is 6.09.